The number of carbonyl (C=O) groups excluding carboxylic acids is 1. The summed E-state index contributed by atoms with van der Waals surface area (Å²) < 4.78 is 0. The molecule has 0 radical (unpaired) electrons. The predicted octanol–water partition coefficient (Wildman–Crippen LogP) is 0.844. The van der Waals surface area contributed by atoms with Crippen molar-refractivity contribution in [2.24, 2.45) is 0 Å². The number of aryl methyl sites for hydroxylation is 1. The maximum Gasteiger partial charge on any atom is 2.00 e. The standard InChI is InChI=1S/C9H10O2.Mo/c10-9(11)7-6-8-4-2-1-3-5-8;/h1-5H,6-7H2,(H,10,11);/q;+2/p+2. The minimum absolute atomic E-state index is 0. The van der Waals surface area contributed by atoms with Crippen molar-refractivity contribution in [3.63, 3.8) is 0 Å². The number of benzene rings is 1. The largest absolute Gasteiger partial charge is 2.00 e. The van der Waals surface area contributed by atoms with Crippen molar-refractivity contribution >= 4 is 5.97 Å². The van der Waals surface area contributed by atoms with Crippen LogP contribution >= 0.6 is 0 Å². The molecule has 1 rings (SSSR count). The van der Waals surface area contributed by atoms with Crippen LogP contribution in [0.1, 0.15) is 12.0 Å². The Bertz CT molecular complexity index is 234. The van der Waals surface area contributed by atoms with E-state index in [4.69, 9.17) is 9.90 Å². The fraction of sp³-hybridized carbons (Fsp3) is 0.222. The summed E-state index contributed by atoms with van der Waals surface area (Å²) in [5, 5.41) is 6.80. The number of rotatable bonds is 3. The second-order valence-electron chi connectivity index (χ2n) is 2.43. The zero-order valence-electron chi connectivity index (χ0n) is 6.66. The normalized spacial score (nSPS) is 8.67. The molecule has 0 saturated carbocycles. The van der Waals surface area contributed by atoms with Crippen LogP contribution in [0.3, 0.4) is 0 Å². The van der Waals surface area contributed by atoms with E-state index in [9.17, 15) is 0 Å². The Kier molecular flexibility index (Phi) is 5.65. The van der Waals surface area contributed by atoms with Gasteiger partial charge in [0.25, 0.3) is 0 Å². The van der Waals surface area contributed by atoms with Crippen molar-refractivity contribution < 1.29 is 31.0 Å². The minimum atomic E-state index is -0.242. The van der Waals surface area contributed by atoms with E-state index in [1.54, 1.807) is 0 Å². The average Bonchev–Trinajstić information content (AvgIpc) is 2.03. The van der Waals surface area contributed by atoms with Gasteiger partial charge in [-0.15, -0.1) is 0 Å². The van der Waals surface area contributed by atoms with Crippen LogP contribution in [0.4, 0.5) is 0 Å². The summed E-state index contributed by atoms with van der Waals surface area (Å²) in [5.74, 6) is -0.242. The molecule has 0 spiro atoms. The molecule has 12 heavy (non-hydrogen) atoms. The van der Waals surface area contributed by atoms with Crippen LogP contribution in [0, 0.1) is 0 Å². The van der Waals surface area contributed by atoms with Gasteiger partial charge in [0, 0.05) is 0 Å². The van der Waals surface area contributed by atoms with E-state index in [1.165, 1.54) is 0 Å². The van der Waals surface area contributed by atoms with Gasteiger partial charge < -0.3 is 5.11 Å². The summed E-state index contributed by atoms with van der Waals surface area (Å²) in [7, 11) is 0. The summed E-state index contributed by atoms with van der Waals surface area (Å²) >= 11 is 0. The van der Waals surface area contributed by atoms with Crippen LogP contribution in [0.5, 0.6) is 0 Å². The minimum Gasteiger partial charge on any atom is -0.524 e. The van der Waals surface area contributed by atoms with Gasteiger partial charge in [-0.05, 0) is 12.0 Å². The Morgan fingerprint density at radius 3 is 2.33 bits per heavy atom. The summed E-state index contributed by atoms with van der Waals surface area (Å²) in [6, 6.07) is 9.84. The second kappa shape index (κ2) is 5.96. The fourth-order valence-electron chi connectivity index (χ4n) is 0.907. The van der Waals surface area contributed by atoms with Crippen molar-refractivity contribution in [1.29, 1.82) is 0 Å². The maximum absolute atomic E-state index is 8.60. The van der Waals surface area contributed by atoms with Gasteiger partial charge in [-0.3, -0.25) is 0 Å². The molecule has 2 nitrogen and oxygen atoms in total. The van der Waals surface area contributed by atoms with Crippen molar-refractivity contribution in [2.75, 3.05) is 0 Å². The molecule has 3 N–H and O–H groups in total. The van der Waals surface area contributed by atoms with Crippen LogP contribution < -0.4 is 0 Å². The van der Waals surface area contributed by atoms with Gasteiger partial charge in [0.05, 0.1) is 0 Å². The van der Waals surface area contributed by atoms with E-state index in [-0.39, 0.29) is 27.0 Å². The van der Waals surface area contributed by atoms with Crippen LogP contribution in [-0.2, 0) is 27.5 Å². The molecule has 0 aliphatic heterocycles. The Hall–Kier alpha value is -0.622. The van der Waals surface area contributed by atoms with Gasteiger partial charge in [0.15, 0.2) is 6.42 Å². The molecule has 62 valence electrons. The molecule has 0 atom stereocenters. The molecule has 0 amide bonds. The molecule has 0 unspecified atom stereocenters. The molecule has 0 aliphatic rings. The van der Waals surface area contributed by atoms with Crippen molar-refractivity contribution in [3.8, 4) is 0 Å². The summed E-state index contributed by atoms with van der Waals surface area (Å²) in [5.41, 5.74) is 1.16. The number of hydrogen-bond donors (Lipinski definition) is 0. The van der Waals surface area contributed by atoms with E-state index in [0.717, 1.165) is 12.0 Å². The molecule has 1 aromatic carbocycles. The van der Waals surface area contributed by atoms with Gasteiger partial charge in [0.2, 0.25) is 0 Å². The Morgan fingerprint density at radius 1 is 1.25 bits per heavy atom. The Balaban J connectivity index is 0.00000121. The second-order valence-corrected chi connectivity index (χ2v) is 2.43. The molecule has 1 aromatic rings. The third kappa shape index (κ3) is 4.30. The molecule has 0 heterocycles. The van der Waals surface area contributed by atoms with E-state index >= 15 is 0 Å². The molecule has 0 aliphatic carbocycles. The van der Waals surface area contributed by atoms with Gasteiger partial charge in [0.1, 0.15) is 0 Å². The van der Waals surface area contributed by atoms with E-state index in [2.05, 4.69) is 0 Å². The molecule has 0 saturated heterocycles. The summed E-state index contributed by atoms with van der Waals surface area (Å²) in [6.07, 6.45) is 1.18. The first-order chi connectivity index (χ1) is 5.29. The van der Waals surface area contributed by atoms with Crippen molar-refractivity contribution in [3.05, 3.63) is 35.9 Å². The molecular weight excluding hydrogens is 236 g/mol. The quantitative estimate of drug-likeness (QED) is 0.562. The molecule has 0 bridgehead atoms. The third-order valence-electron chi connectivity index (χ3n) is 1.49. The Labute approximate surface area is 85.9 Å². The van der Waals surface area contributed by atoms with Crippen LogP contribution in [0.15, 0.2) is 30.3 Å². The topological polar surface area (TPSA) is 44.3 Å². The summed E-state index contributed by atoms with van der Waals surface area (Å²) in [6.45, 7) is 0. The molecule has 3 heteroatoms. The number of hydrogen-bond acceptors (Lipinski definition) is 0. The smallest absolute Gasteiger partial charge is 0.524 e. The fourth-order valence-corrected chi connectivity index (χ4v) is 0.907. The SMILES string of the molecule is [Mo+2].[OH+]=C([OH2+])CCc1ccccc1. The monoisotopic (exact) mass is 250 g/mol. The van der Waals surface area contributed by atoms with Gasteiger partial charge in [-0.25, -0.2) is 4.79 Å². The third-order valence-corrected chi connectivity index (χ3v) is 1.49. The van der Waals surface area contributed by atoms with Crippen molar-refractivity contribution in [2.45, 2.75) is 12.8 Å². The van der Waals surface area contributed by atoms with E-state index in [0.29, 0.717) is 6.42 Å². The zero-order chi connectivity index (χ0) is 8.10. The zero-order valence-corrected chi connectivity index (χ0v) is 8.66. The maximum atomic E-state index is 8.60. The van der Waals surface area contributed by atoms with Gasteiger partial charge in [-0.1, -0.05) is 30.3 Å². The van der Waals surface area contributed by atoms with Gasteiger partial charge in [-0.2, -0.15) is 0 Å². The van der Waals surface area contributed by atoms with Gasteiger partial charge >= 0.3 is 27.0 Å². The van der Waals surface area contributed by atoms with Crippen molar-refractivity contribution in [1.82, 2.24) is 0 Å². The predicted molar refractivity (Wildman–Crippen MR) is 45.3 cm³/mol. The van der Waals surface area contributed by atoms with Crippen LogP contribution in [0.25, 0.3) is 0 Å². The first-order valence-corrected chi connectivity index (χ1v) is 3.59. The van der Waals surface area contributed by atoms with Crippen LogP contribution in [-0.4, -0.2) is 15.9 Å². The molecule has 0 fully saturated rings. The average molecular weight is 248 g/mol. The summed E-state index contributed by atoms with van der Waals surface area (Å²) in [4.78, 5) is 8.60. The van der Waals surface area contributed by atoms with Crippen LogP contribution in [0.2, 0.25) is 0 Å². The first-order valence-electron chi connectivity index (χ1n) is 3.59. The first kappa shape index (κ1) is 11.4. The van der Waals surface area contributed by atoms with E-state index in [1.807, 2.05) is 30.3 Å². The van der Waals surface area contributed by atoms with E-state index < -0.39 is 0 Å². The Morgan fingerprint density at radius 2 is 1.83 bits per heavy atom. The molecular formula is C9H12MoO2+4. The molecule has 0 aromatic heterocycles.